The van der Waals surface area contributed by atoms with E-state index in [0.29, 0.717) is 11.3 Å². The van der Waals surface area contributed by atoms with Crippen molar-refractivity contribution in [3.05, 3.63) is 17.5 Å². The van der Waals surface area contributed by atoms with Crippen molar-refractivity contribution in [1.29, 1.82) is 0 Å². The molecule has 1 amide bonds. The SMILES string of the molecule is Cc1oncc1C(=O)NCCCS(N)(=O)=O. The minimum Gasteiger partial charge on any atom is -0.361 e. The van der Waals surface area contributed by atoms with Gasteiger partial charge in [-0.3, -0.25) is 4.79 Å². The van der Waals surface area contributed by atoms with Crippen LogP contribution in [0.4, 0.5) is 0 Å². The second-order valence-electron chi connectivity index (χ2n) is 3.27. The maximum atomic E-state index is 11.5. The van der Waals surface area contributed by atoms with Gasteiger partial charge in [-0.25, -0.2) is 13.6 Å². The molecule has 0 atom stereocenters. The lowest BCUT2D eigenvalue weighted by Crippen LogP contribution is -2.27. The summed E-state index contributed by atoms with van der Waals surface area (Å²) in [6, 6.07) is 0. The summed E-state index contributed by atoms with van der Waals surface area (Å²) < 4.78 is 25.9. The molecule has 1 aromatic heterocycles. The minimum absolute atomic E-state index is 0.157. The molecule has 90 valence electrons. The van der Waals surface area contributed by atoms with Crippen LogP contribution < -0.4 is 10.5 Å². The number of hydrogen-bond acceptors (Lipinski definition) is 5. The Bertz CT molecular complexity index is 465. The smallest absolute Gasteiger partial charge is 0.256 e. The summed E-state index contributed by atoms with van der Waals surface area (Å²) in [5.74, 6) is -0.0762. The van der Waals surface area contributed by atoms with Gasteiger partial charge in [0.15, 0.2) is 0 Å². The van der Waals surface area contributed by atoms with E-state index in [2.05, 4.69) is 10.5 Å². The molecule has 0 bridgehead atoms. The van der Waals surface area contributed by atoms with Crippen LogP contribution in [0.15, 0.2) is 10.7 Å². The number of aromatic nitrogens is 1. The van der Waals surface area contributed by atoms with E-state index in [9.17, 15) is 13.2 Å². The number of rotatable bonds is 5. The van der Waals surface area contributed by atoms with Gasteiger partial charge in [-0.15, -0.1) is 0 Å². The first kappa shape index (κ1) is 12.7. The fraction of sp³-hybridized carbons (Fsp3) is 0.500. The third kappa shape index (κ3) is 3.99. The lowest BCUT2D eigenvalue weighted by Gasteiger charge is -2.02. The molecule has 0 aromatic carbocycles. The molecule has 0 spiro atoms. The highest BCUT2D eigenvalue weighted by Gasteiger charge is 2.12. The third-order valence-corrected chi connectivity index (χ3v) is 2.74. The number of nitrogens with one attached hydrogen (secondary N) is 1. The van der Waals surface area contributed by atoms with Crippen molar-refractivity contribution in [2.75, 3.05) is 12.3 Å². The number of nitrogens with zero attached hydrogens (tertiary/aromatic N) is 1. The summed E-state index contributed by atoms with van der Waals surface area (Å²) >= 11 is 0. The van der Waals surface area contributed by atoms with Gasteiger partial charge in [0.2, 0.25) is 10.0 Å². The van der Waals surface area contributed by atoms with E-state index in [-0.39, 0.29) is 24.6 Å². The van der Waals surface area contributed by atoms with Crippen molar-refractivity contribution >= 4 is 15.9 Å². The highest BCUT2D eigenvalue weighted by atomic mass is 32.2. The van der Waals surface area contributed by atoms with Gasteiger partial charge in [0, 0.05) is 6.54 Å². The molecular weight excluding hydrogens is 234 g/mol. The molecule has 0 aliphatic carbocycles. The standard InChI is InChI=1S/C8H13N3O4S/c1-6-7(5-11-15-6)8(12)10-3-2-4-16(9,13)14/h5H,2-4H2,1H3,(H,10,12)(H2,9,13,14). The van der Waals surface area contributed by atoms with Gasteiger partial charge in [-0.2, -0.15) is 0 Å². The molecule has 0 fully saturated rings. The Morgan fingerprint density at radius 2 is 2.31 bits per heavy atom. The van der Waals surface area contributed by atoms with Crippen LogP contribution in [0.3, 0.4) is 0 Å². The topological polar surface area (TPSA) is 115 Å². The predicted molar refractivity (Wildman–Crippen MR) is 56.2 cm³/mol. The minimum atomic E-state index is -3.47. The van der Waals surface area contributed by atoms with Crippen LogP contribution in [0.1, 0.15) is 22.5 Å². The highest BCUT2D eigenvalue weighted by molar-refractivity contribution is 7.89. The summed E-state index contributed by atoms with van der Waals surface area (Å²) in [5, 5.41) is 10.8. The maximum absolute atomic E-state index is 11.5. The lowest BCUT2D eigenvalue weighted by atomic mass is 10.2. The van der Waals surface area contributed by atoms with E-state index in [0.717, 1.165) is 0 Å². The van der Waals surface area contributed by atoms with Crippen molar-refractivity contribution < 1.29 is 17.7 Å². The lowest BCUT2D eigenvalue weighted by molar-refractivity contribution is 0.0952. The van der Waals surface area contributed by atoms with Crippen molar-refractivity contribution in [3.63, 3.8) is 0 Å². The molecule has 1 rings (SSSR count). The monoisotopic (exact) mass is 247 g/mol. The largest absolute Gasteiger partial charge is 0.361 e. The Morgan fingerprint density at radius 1 is 1.62 bits per heavy atom. The number of primary sulfonamides is 1. The van der Waals surface area contributed by atoms with E-state index < -0.39 is 10.0 Å². The van der Waals surface area contributed by atoms with Gasteiger partial charge in [0.05, 0.1) is 11.9 Å². The molecule has 7 nitrogen and oxygen atoms in total. The van der Waals surface area contributed by atoms with Crippen LogP contribution in [0.5, 0.6) is 0 Å². The number of amides is 1. The molecule has 8 heteroatoms. The van der Waals surface area contributed by atoms with Crippen LogP contribution in [0.25, 0.3) is 0 Å². The fourth-order valence-electron chi connectivity index (χ4n) is 1.09. The first-order chi connectivity index (χ1) is 7.40. The van der Waals surface area contributed by atoms with E-state index in [4.69, 9.17) is 9.66 Å². The summed E-state index contributed by atoms with van der Waals surface area (Å²) in [7, 11) is -3.47. The average Bonchev–Trinajstić information content (AvgIpc) is 2.57. The zero-order chi connectivity index (χ0) is 12.2. The number of aryl methyl sites for hydroxylation is 1. The van der Waals surface area contributed by atoms with Gasteiger partial charge < -0.3 is 9.84 Å². The van der Waals surface area contributed by atoms with E-state index in [1.165, 1.54) is 6.20 Å². The molecule has 1 aromatic rings. The predicted octanol–water partition coefficient (Wildman–Crippen LogP) is -0.609. The molecule has 0 saturated carbocycles. The van der Waals surface area contributed by atoms with Crippen LogP contribution in [0, 0.1) is 6.92 Å². The molecule has 0 unspecified atom stereocenters. The Balaban J connectivity index is 2.35. The molecular formula is C8H13N3O4S. The van der Waals surface area contributed by atoms with E-state index in [1.54, 1.807) is 6.92 Å². The summed E-state index contributed by atoms with van der Waals surface area (Å²) in [5.41, 5.74) is 0.343. The van der Waals surface area contributed by atoms with Crippen LogP contribution in [-0.2, 0) is 10.0 Å². The van der Waals surface area contributed by atoms with Gasteiger partial charge in [0.25, 0.3) is 5.91 Å². The molecule has 0 aliphatic heterocycles. The molecule has 1 heterocycles. The zero-order valence-corrected chi connectivity index (χ0v) is 9.58. The average molecular weight is 247 g/mol. The number of nitrogens with two attached hydrogens (primary N) is 1. The number of sulfonamides is 1. The molecule has 0 aliphatic rings. The second kappa shape index (κ2) is 5.08. The quantitative estimate of drug-likeness (QED) is 0.673. The van der Waals surface area contributed by atoms with E-state index >= 15 is 0 Å². The first-order valence-corrected chi connectivity index (χ1v) is 6.31. The van der Waals surface area contributed by atoms with Gasteiger partial charge in [0.1, 0.15) is 11.3 Å². The van der Waals surface area contributed by atoms with Crippen molar-refractivity contribution in [2.24, 2.45) is 5.14 Å². The van der Waals surface area contributed by atoms with Crippen LogP contribution in [-0.4, -0.2) is 31.8 Å². The van der Waals surface area contributed by atoms with Gasteiger partial charge >= 0.3 is 0 Å². The zero-order valence-electron chi connectivity index (χ0n) is 8.76. The summed E-state index contributed by atoms with van der Waals surface area (Å²) in [4.78, 5) is 11.5. The Kier molecular flexibility index (Phi) is 4.02. The summed E-state index contributed by atoms with van der Waals surface area (Å²) in [6.07, 6.45) is 1.58. The van der Waals surface area contributed by atoms with Crippen LogP contribution in [0.2, 0.25) is 0 Å². The van der Waals surface area contributed by atoms with Gasteiger partial charge in [-0.1, -0.05) is 5.16 Å². The maximum Gasteiger partial charge on any atom is 0.256 e. The summed E-state index contributed by atoms with van der Waals surface area (Å²) in [6.45, 7) is 1.85. The normalized spacial score (nSPS) is 11.4. The fourth-order valence-corrected chi connectivity index (χ4v) is 1.63. The molecule has 3 N–H and O–H groups in total. The molecule has 16 heavy (non-hydrogen) atoms. The highest BCUT2D eigenvalue weighted by Crippen LogP contribution is 2.04. The van der Waals surface area contributed by atoms with E-state index in [1.807, 2.05) is 0 Å². The second-order valence-corrected chi connectivity index (χ2v) is 5.01. The third-order valence-electron chi connectivity index (χ3n) is 1.89. The van der Waals surface area contributed by atoms with Crippen LogP contribution >= 0.6 is 0 Å². The first-order valence-electron chi connectivity index (χ1n) is 4.60. The van der Waals surface area contributed by atoms with Crippen molar-refractivity contribution in [1.82, 2.24) is 10.5 Å². The Hall–Kier alpha value is -1.41. The number of hydrogen-bond donors (Lipinski definition) is 2. The number of carbonyl (C=O) groups excluding carboxylic acids is 1. The van der Waals surface area contributed by atoms with Crippen molar-refractivity contribution in [2.45, 2.75) is 13.3 Å². The van der Waals surface area contributed by atoms with Gasteiger partial charge in [-0.05, 0) is 13.3 Å². The Labute approximate surface area is 93.0 Å². The Morgan fingerprint density at radius 3 is 2.81 bits per heavy atom. The number of carbonyl (C=O) groups is 1. The molecule has 0 radical (unpaired) electrons. The molecule has 0 saturated heterocycles. The van der Waals surface area contributed by atoms with Crippen molar-refractivity contribution in [3.8, 4) is 0 Å².